The Balaban J connectivity index is 2.40. The molecule has 2 heteroatoms. The standard InChI is InChI=1S/C13H10FS/c1-15-13-4-2-3-11(9-13)10-5-7-12(14)8-6-10/h2,4-9H,1H3. The zero-order chi connectivity index (χ0) is 10.7. The van der Waals surface area contributed by atoms with Crippen LogP contribution in [-0.4, -0.2) is 6.26 Å². The van der Waals surface area contributed by atoms with Crippen molar-refractivity contribution >= 4 is 11.8 Å². The van der Waals surface area contributed by atoms with E-state index < -0.39 is 0 Å². The molecule has 0 atom stereocenters. The lowest BCUT2D eigenvalue weighted by Crippen LogP contribution is -1.80. The number of halogens is 1. The summed E-state index contributed by atoms with van der Waals surface area (Å²) in [4.78, 5) is 1.19. The van der Waals surface area contributed by atoms with Gasteiger partial charge in [0.2, 0.25) is 0 Å². The van der Waals surface area contributed by atoms with Gasteiger partial charge in [-0.25, -0.2) is 4.39 Å². The van der Waals surface area contributed by atoms with Gasteiger partial charge < -0.3 is 0 Å². The van der Waals surface area contributed by atoms with Crippen molar-refractivity contribution in [1.82, 2.24) is 0 Å². The van der Waals surface area contributed by atoms with Crippen molar-refractivity contribution in [3.05, 3.63) is 54.3 Å². The van der Waals surface area contributed by atoms with Crippen LogP contribution < -0.4 is 0 Å². The SMILES string of the molecule is CSc1cc[c]c(-c2ccc(F)cc2)c1. The molecule has 0 bridgehead atoms. The van der Waals surface area contributed by atoms with Gasteiger partial charge in [0.15, 0.2) is 0 Å². The Morgan fingerprint density at radius 1 is 1.13 bits per heavy atom. The second-order valence-corrected chi connectivity index (χ2v) is 4.03. The second-order valence-electron chi connectivity index (χ2n) is 3.15. The molecule has 0 aromatic heterocycles. The van der Waals surface area contributed by atoms with Crippen LogP contribution in [0.3, 0.4) is 0 Å². The molecule has 2 aromatic rings. The molecule has 1 radical (unpaired) electrons. The van der Waals surface area contributed by atoms with E-state index in [4.69, 9.17) is 0 Å². The number of hydrogen-bond donors (Lipinski definition) is 0. The van der Waals surface area contributed by atoms with E-state index in [1.54, 1.807) is 23.9 Å². The molecule has 2 rings (SSSR count). The Morgan fingerprint density at radius 2 is 1.87 bits per heavy atom. The summed E-state index contributed by atoms with van der Waals surface area (Å²) in [5.41, 5.74) is 1.99. The number of rotatable bonds is 2. The summed E-state index contributed by atoms with van der Waals surface area (Å²) in [6, 6.07) is 15.6. The van der Waals surface area contributed by atoms with Crippen LogP contribution in [0.1, 0.15) is 0 Å². The maximum absolute atomic E-state index is 12.7. The molecule has 0 heterocycles. The zero-order valence-electron chi connectivity index (χ0n) is 8.33. The Bertz CT molecular complexity index is 448. The third-order valence-electron chi connectivity index (χ3n) is 2.16. The average Bonchev–Trinajstić information content (AvgIpc) is 2.30. The lowest BCUT2D eigenvalue weighted by atomic mass is 10.1. The predicted molar refractivity (Wildman–Crippen MR) is 62.5 cm³/mol. The molecule has 0 amide bonds. The lowest BCUT2D eigenvalue weighted by molar-refractivity contribution is 0.628. The zero-order valence-corrected chi connectivity index (χ0v) is 9.14. The molecule has 75 valence electrons. The molecule has 0 aliphatic rings. The minimum atomic E-state index is -0.209. The minimum Gasteiger partial charge on any atom is -0.207 e. The smallest absolute Gasteiger partial charge is 0.123 e. The van der Waals surface area contributed by atoms with Crippen molar-refractivity contribution in [2.24, 2.45) is 0 Å². The minimum absolute atomic E-state index is 0.209. The van der Waals surface area contributed by atoms with Gasteiger partial charge in [-0.2, -0.15) is 0 Å². The summed E-state index contributed by atoms with van der Waals surface area (Å²) >= 11 is 1.69. The van der Waals surface area contributed by atoms with Crippen LogP contribution in [0.4, 0.5) is 4.39 Å². The van der Waals surface area contributed by atoms with E-state index in [9.17, 15) is 4.39 Å². The largest absolute Gasteiger partial charge is 0.207 e. The van der Waals surface area contributed by atoms with Gasteiger partial charge >= 0.3 is 0 Å². The third kappa shape index (κ3) is 2.39. The van der Waals surface area contributed by atoms with Crippen LogP contribution in [0, 0.1) is 11.9 Å². The number of hydrogen-bond acceptors (Lipinski definition) is 1. The highest BCUT2D eigenvalue weighted by Gasteiger charge is 1.99. The van der Waals surface area contributed by atoms with Crippen LogP contribution in [0.2, 0.25) is 0 Å². The Hall–Kier alpha value is -1.28. The van der Waals surface area contributed by atoms with E-state index in [-0.39, 0.29) is 5.82 Å². The molecular formula is C13H10FS. The van der Waals surface area contributed by atoms with Crippen molar-refractivity contribution in [3.8, 4) is 11.1 Å². The van der Waals surface area contributed by atoms with Gasteiger partial charge in [0, 0.05) is 4.90 Å². The first-order valence-corrected chi connectivity index (χ1v) is 5.84. The van der Waals surface area contributed by atoms with E-state index in [0.29, 0.717) is 0 Å². The molecule has 0 nitrogen and oxygen atoms in total. The molecule has 0 fully saturated rings. The highest BCUT2D eigenvalue weighted by Crippen LogP contribution is 2.23. The molecule has 15 heavy (non-hydrogen) atoms. The summed E-state index contributed by atoms with van der Waals surface area (Å²) in [5.74, 6) is -0.209. The summed E-state index contributed by atoms with van der Waals surface area (Å²) in [6.45, 7) is 0. The summed E-state index contributed by atoms with van der Waals surface area (Å²) < 4.78 is 12.7. The van der Waals surface area contributed by atoms with E-state index in [1.165, 1.54) is 17.0 Å². The molecule has 0 aliphatic carbocycles. The quantitative estimate of drug-likeness (QED) is 0.685. The van der Waals surface area contributed by atoms with Crippen molar-refractivity contribution in [1.29, 1.82) is 0 Å². The topological polar surface area (TPSA) is 0 Å². The van der Waals surface area contributed by atoms with E-state index in [1.807, 2.05) is 18.4 Å². The number of benzene rings is 2. The third-order valence-corrected chi connectivity index (χ3v) is 2.89. The van der Waals surface area contributed by atoms with Gasteiger partial charge in [-0.05, 0) is 47.7 Å². The number of thioether (sulfide) groups is 1. The van der Waals surface area contributed by atoms with Gasteiger partial charge in [0.05, 0.1) is 0 Å². The van der Waals surface area contributed by atoms with E-state index in [2.05, 4.69) is 12.1 Å². The Labute approximate surface area is 93.1 Å². The first-order chi connectivity index (χ1) is 7.29. The molecular weight excluding hydrogens is 207 g/mol. The molecule has 0 saturated carbocycles. The van der Waals surface area contributed by atoms with Gasteiger partial charge in [-0.15, -0.1) is 11.8 Å². The van der Waals surface area contributed by atoms with Gasteiger partial charge in [0.25, 0.3) is 0 Å². The molecule has 0 spiro atoms. The van der Waals surface area contributed by atoms with Crippen molar-refractivity contribution in [2.45, 2.75) is 4.90 Å². The van der Waals surface area contributed by atoms with Gasteiger partial charge in [0.1, 0.15) is 5.82 Å². The average molecular weight is 217 g/mol. The molecule has 0 aliphatic heterocycles. The van der Waals surface area contributed by atoms with E-state index in [0.717, 1.165) is 11.1 Å². The first kappa shape index (κ1) is 10.2. The highest BCUT2D eigenvalue weighted by atomic mass is 32.2. The van der Waals surface area contributed by atoms with Gasteiger partial charge in [-0.1, -0.05) is 18.2 Å². The summed E-state index contributed by atoms with van der Waals surface area (Å²) in [5, 5.41) is 0. The molecule has 2 aromatic carbocycles. The molecule has 0 saturated heterocycles. The van der Waals surface area contributed by atoms with Crippen LogP contribution in [0.25, 0.3) is 11.1 Å². The van der Waals surface area contributed by atoms with Crippen LogP contribution in [-0.2, 0) is 0 Å². The monoisotopic (exact) mass is 217 g/mol. The maximum atomic E-state index is 12.7. The fourth-order valence-electron chi connectivity index (χ4n) is 1.37. The van der Waals surface area contributed by atoms with Crippen molar-refractivity contribution < 1.29 is 4.39 Å². The van der Waals surface area contributed by atoms with Crippen LogP contribution in [0.15, 0.2) is 47.4 Å². The second kappa shape index (κ2) is 4.49. The predicted octanol–water partition coefficient (Wildman–Crippen LogP) is 4.01. The van der Waals surface area contributed by atoms with E-state index >= 15 is 0 Å². The van der Waals surface area contributed by atoms with Crippen LogP contribution in [0.5, 0.6) is 0 Å². The normalized spacial score (nSPS) is 10.3. The van der Waals surface area contributed by atoms with Crippen molar-refractivity contribution in [2.75, 3.05) is 6.26 Å². The summed E-state index contributed by atoms with van der Waals surface area (Å²) in [7, 11) is 0. The summed E-state index contributed by atoms with van der Waals surface area (Å²) in [6.07, 6.45) is 2.03. The molecule has 0 unspecified atom stereocenters. The highest BCUT2D eigenvalue weighted by molar-refractivity contribution is 7.98. The first-order valence-electron chi connectivity index (χ1n) is 4.61. The fourth-order valence-corrected chi connectivity index (χ4v) is 1.81. The Morgan fingerprint density at radius 3 is 2.53 bits per heavy atom. The van der Waals surface area contributed by atoms with Gasteiger partial charge in [-0.3, -0.25) is 0 Å². The lowest BCUT2D eigenvalue weighted by Gasteiger charge is -2.02. The fraction of sp³-hybridized carbons (Fsp3) is 0.0769. The van der Waals surface area contributed by atoms with Crippen LogP contribution >= 0.6 is 11.8 Å². The van der Waals surface area contributed by atoms with Crippen molar-refractivity contribution in [3.63, 3.8) is 0 Å². The molecule has 0 N–H and O–H groups in total. The maximum Gasteiger partial charge on any atom is 0.123 e. The Kier molecular flexibility index (Phi) is 3.07.